The van der Waals surface area contributed by atoms with Gasteiger partial charge in [-0.15, -0.1) is 11.6 Å². The number of carbonyl (C=O) groups is 1. The molecule has 0 spiro atoms. The predicted molar refractivity (Wildman–Crippen MR) is 61.4 cm³/mol. The van der Waals surface area contributed by atoms with Gasteiger partial charge in [0.25, 0.3) is 0 Å². The van der Waals surface area contributed by atoms with Crippen molar-refractivity contribution in [3.63, 3.8) is 0 Å². The molecule has 15 heavy (non-hydrogen) atoms. The summed E-state index contributed by atoms with van der Waals surface area (Å²) in [4.78, 5) is 11.5. The van der Waals surface area contributed by atoms with Gasteiger partial charge in [-0.25, -0.2) is 0 Å². The second-order valence-corrected chi connectivity index (χ2v) is 3.85. The number of hydrogen-bond acceptors (Lipinski definition) is 2. The lowest BCUT2D eigenvalue weighted by Gasteiger charge is -2.11. The summed E-state index contributed by atoms with van der Waals surface area (Å²) >= 11 is 5.58. The monoisotopic (exact) mass is 227 g/mol. The third kappa shape index (κ3) is 3.13. The van der Waals surface area contributed by atoms with Crippen molar-refractivity contribution in [3.8, 4) is 5.75 Å². The first-order chi connectivity index (χ1) is 7.04. The zero-order valence-electron chi connectivity index (χ0n) is 8.75. The van der Waals surface area contributed by atoms with Gasteiger partial charge in [0.15, 0.2) is 0 Å². The molecule has 0 aliphatic rings. The van der Waals surface area contributed by atoms with Gasteiger partial charge in [-0.2, -0.15) is 0 Å². The van der Waals surface area contributed by atoms with Crippen molar-refractivity contribution < 1.29 is 9.90 Å². The van der Waals surface area contributed by atoms with E-state index in [4.69, 9.17) is 11.6 Å². The van der Waals surface area contributed by atoms with Crippen molar-refractivity contribution in [2.45, 2.75) is 13.8 Å². The number of aryl methyl sites for hydroxylation is 1. The van der Waals surface area contributed by atoms with Crippen molar-refractivity contribution in [1.29, 1.82) is 0 Å². The van der Waals surface area contributed by atoms with Gasteiger partial charge in [-0.05, 0) is 30.7 Å². The molecule has 0 aromatic heterocycles. The van der Waals surface area contributed by atoms with Gasteiger partial charge in [0, 0.05) is 17.5 Å². The van der Waals surface area contributed by atoms with Crippen LogP contribution in [0.25, 0.3) is 0 Å². The molecule has 2 N–H and O–H groups in total. The van der Waals surface area contributed by atoms with Crippen molar-refractivity contribution >= 4 is 23.2 Å². The topological polar surface area (TPSA) is 49.3 Å². The third-order valence-electron chi connectivity index (χ3n) is 2.15. The highest BCUT2D eigenvalue weighted by molar-refractivity contribution is 6.19. The number of hydrogen-bond donors (Lipinski definition) is 2. The molecule has 1 amide bonds. The normalized spacial score (nSPS) is 12.2. The van der Waals surface area contributed by atoms with Crippen molar-refractivity contribution in [3.05, 3.63) is 23.8 Å². The van der Waals surface area contributed by atoms with Crippen LogP contribution in [0.1, 0.15) is 12.5 Å². The fraction of sp³-hybridized carbons (Fsp3) is 0.364. The Bertz CT molecular complexity index is 366. The Morgan fingerprint density at radius 3 is 2.80 bits per heavy atom. The minimum atomic E-state index is -0.222. The van der Waals surface area contributed by atoms with Gasteiger partial charge in [0.1, 0.15) is 5.75 Å². The van der Waals surface area contributed by atoms with Gasteiger partial charge in [-0.1, -0.05) is 6.92 Å². The molecular formula is C11H14ClNO2. The summed E-state index contributed by atoms with van der Waals surface area (Å²) in [6.07, 6.45) is 0. The number of phenols is 1. The first kappa shape index (κ1) is 11.9. The molecule has 4 heteroatoms. The summed E-state index contributed by atoms with van der Waals surface area (Å²) in [7, 11) is 0. The molecule has 1 aromatic carbocycles. The fourth-order valence-corrected chi connectivity index (χ4v) is 1.25. The molecule has 0 fully saturated rings. The number of benzene rings is 1. The Morgan fingerprint density at radius 2 is 2.27 bits per heavy atom. The Balaban J connectivity index is 2.77. The first-order valence-electron chi connectivity index (χ1n) is 4.71. The lowest BCUT2D eigenvalue weighted by molar-refractivity contribution is -0.118. The minimum Gasteiger partial charge on any atom is -0.508 e. The van der Waals surface area contributed by atoms with Gasteiger partial charge in [0.05, 0.1) is 0 Å². The molecule has 1 rings (SSSR count). The van der Waals surface area contributed by atoms with Crippen LogP contribution in [0.3, 0.4) is 0 Å². The highest BCUT2D eigenvalue weighted by atomic mass is 35.5. The molecule has 0 saturated carbocycles. The fourth-order valence-electron chi connectivity index (χ4n) is 1.11. The standard InChI is InChI=1S/C11H14ClNO2/c1-7-5-9(14)3-4-10(7)13-11(15)8(2)6-12/h3-5,8,14H,6H2,1-2H3,(H,13,15). The van der Waals surface area contributed by atoms with E-state index in [-0.39, 0.29) is 17.6 Å². The number of alkyl halides is 1. The second-order valence-electron chi connectivity index (χ2n) is 3.54. The van der Waals surface area contributed by atoms with Crippen LogP contribution in [0.5, 0.6) is 5.75 Å². The summed E-state index contributed by atoms with van der Waals surface area (Å²) < 4.78 is 0. The summed E-state index contributed by atoms with van der Waals surface area (Å²) in [5.41, 5.74) is 1.53. The summed E-state index contributed by atoms with van der Waals surface area (Å²) in [6, 6.07) is 4.80. The number of halogens is 1. The van der Waals surface area contributed by atoms with Gasteiger partial charge in [0.2, 0.25) is 5.91 Å². The van der Waals surface area contributed by atoms with Crippen LogP contribution >= 0.6 is 11.6 Å². The van der Waals surface area contributed by atoms with Crippen molar-refractivity contribution in [1.82, 2.24) is 0 Å². The van der Waals surface area contributed by atoms with E-state index < -0.39 is 0 Å². The van der Waals surface area contributed by atoms with E-state index in [1.54, 1.807) is 19.1 Å². The van der Waals surface area contributed by atoms with Gasteiger partial charge < -0.3 is 10.4 Å². The molecule has 1 atom stereocenters. The predicted octanol–water partition coefficient (Wildman–Crippen LogP) is 2.51. The molecule has 82 valence electrons. The largest absolute Gasteiger partial charge is 0.508 e. The van der Waals surface area contributed by atoms with Gasteiger partial charge >= 0.3 is 0 Å². The van der Waals surface area contributed by atoms with Crippen LogP contribution in [0, 0.1) is 12.8 Å². The SMILES string of the molecule is Cc1cc(O)ccc1NC(=O)C(C)CCl. The molecule has 3 nitrogen and oxygen atoms in total. The maximum Gasteiger partial charge on any atom is 0.228 e. The Labute approximate surface area is 94.1 Å². The van der Waals surface area contributed by atoms with Crippen molar-refractivity contribution in [2.24, 2.45) is 5.92 Å². The Morgan fingerprint density at radius 1 is 1.60 bits per heavy atom. The van der Waals surface area contributed by atoms with Crippen LogP contribution < -0.4 is 5.32 Å². The number of amides is 1. The molecule has 0 saturated heterocycles. The molecule has 0 radical (unpaired) electrons. The zero-order chi connectivity index (χ0) is 11.4. The van der Waals surface area contributed by atoms with E-state index >= 15 is 0 Å². The van der Waals surface area contributed by atoms with Crippen LogP contribution in [-0.4, -0.2) is 16.9 Å². The molecule has 1 unspecified atom stereocenters. The number of phenolic OH excluding ortho intramolecular Hbond substituents is 1. The van der Waals surface area contributed by atoms with E-state index in [2.05, 4.69) is 5.32 Å². The summed E-state index contributed by atoms with van der Waals surface area (Å²) in [5, 5.41) is 11.9. The maximum atomic E-state index is 11.5. The second kappa shape index (κ2) is 5.03. The van der Waals surface area contributed by atoms with E-state index in [1.807, 2.05) is 6.92 Å². The van der Waals surface area contributed by atoms with Crippen LogP contribution in [-0.2, 0) is 4.79 Å². The average Bonchev–Trinajstić information content (AvgIpc) is 2.20. The number of rotatable bonds is 3. The van der Waals surface area contributed by atoms with Gasteiger partial charge in [-0.3, -0.25) is 4.79 Å². The minimum absolute atomic E-state index is 0.112. The van der Waals surface area contributed by atoms with Crippen molar-refractivity contribution in [2.75, 3.05) is 11.2 Å². The maximum absolute atomic E-state index is 11.5. The number of carbonyl (C=O) groups excluding carboxylic acids is 1. The Hall–Kier alpha value is -1.22. The molecule has 0 heterocycles. The van der Waals surface area contributed by atoms with E-state index in [0.29, 0.717) is 11.6 Å². The molecule has 1 aromatic rings. The summed E-state index contributed by atoms with van der Waals surface area (Å²) in [6.45, 7) is 3.58. The average molecular weight is 228 g/mol. The van der Waals surface area contributed by atoms with E-state index in [9.17, 15) is 9.90 Å². The quantitative estimate of drug-likeness (QED) is 0.616. The Kier molecular flexibility index (Phi) is 3.97. The smallest absolute Gasteiger partial charge is 0.228 e. The third-order valence-corrected chi connectivity index (χ3v) is 2.61. The zero-order valence-corrected chi connectivity index (χ0v) is 9.51. The number of anilines is 1. The molecule has 0 aliphatic carbocycles. The highest BCUT2D eigenvalue weighted by Crippen LogP contribution is 2.20. The lowest BCUT2D eigenvalue weighted by Crippen LogP contribution is -2.21. The molecular weight excluding hydrogens is 214 g/mol. The van der Waals surface area contributed by atoms with Crippen LogP contribution in [0.2, 0.25) is 0 Å². The van der Waals surface area contributed by atoms with E-state index in [0.717, 1.165) is 5.56 Å². The summed E-state index contributed by atoms with van der Waals surface area (Å²) in [5.74, 6) is 0.151. The number of nitrogens with one attached hydrogen (secondary N) is 1. The van der Waals surface area contributed by atoms with Crippen LogP contribution in [0.15, 0.2) is 18.2 Å². The van der Waals surface area contributed by atoms with Crippen LogP contribution in [0.4, 0.5) is 5.69 Å². The highest BCUT2D eigenvalue weighted by Gasteiger charge is 2.12. The molecule has 0 bridgehead atoms. The van der Waals surface area contributed by atoms with E-state index in [1.165, 1.54) is 6.07 Å². The first-order valence-corrected chi connectivity index (χ1v) is 5.24. The molecule has 0 aliphatic heterocycles. The number of aromatic hydroxyl groups is 1. The lowest BCUT2D eigenvalue weighted by atomic mass is 10.1.